The number of rotatable bonds is 0. The molecule has 0 saturated carbocycles. The zero-order valence-electron chi connectivity index (χ0n) is 8.87. The number of carbonyl (C=O) groups is 2. The van der Waals surface area contributed by atoms with Crippen LogP contribution in [0.15, 0.2) is 0 Å². The summed E-state index contributed by atoms with van der Waals surface area (Å²) in [5.74, 6) is -0.367. The van der Waals surface area contributed by atoms with Crippen molar-refractivity contribution in [2.24, 2.45) is 0 Å². The normalized spacial score (nSPS) is 20.5. The Morgan fingerprint density at radius 2 is 1.13 bits per heavy atom. The van der Waals surface area contributed by atoms with E-state index in [-0.39, 0.29) is 11.9 Å². The molecule has 0 bridgehead atoms. The molecule has 1 rings (SSSR count). The molecule has 4 nitrogen and oxygen atoms in total. The van der Waals surface area contributed by atoms with E-state index >= 15 is 0 Å². The number of hydrogen-bond acceptors (Lipinski definition) is 4. The average Bonchev–Trinajstić information content (AvgIpc) is 2.22. The van der Waals surface area contributed by atoms with Gasteiger partial charge in [0.1, 0.15) is 0 Å². The summed E-state index contributed by atoms with van der Waals surface area (Å²) in [6.45, 7) is 0. The summed E-state index contributed by atoms with van der Waals surface area (Å²) in [6.07, 6.45) is 7.22. The van der Waals surface area contributed by atoms with Crippen LogP contribution in [0.1, 0.15) is 51.4 Å². The van der Waals surface area contributed by atoms with Crippen LogP contribution in [0.25, 0.3) is 0 Å². The van der Waals surface area contributed by atoms with Crippen molar-refractivity contribution in [1.29, 1.82) is 0 Å². The Hall–Kier alpha value is -0.138. The van der Waals surface area contributed by atoms with Gasteiger partial charge in [0.05, 0.1) is 0 Å². The zero-order chi connectivity index (χ0) is 10.9. The van der Waals surface area contributed by atoms with Crippen molar-refractivity contribution in [2.75, 3.05) is 0 Å². The molecule has 83 valence electrons. The number of hydrogen-bond donors (Lipinski definition) is 0. The van der Waals surface area contributed by atoms with Gasteiger partial charge in [0, 0.05) is 0 Å². The molecule has 1 aliphatic rings. The average molecular weight is 405 g/mol. The van der Waals surface area contributed by atoms with E-state index in [4.69, 9.17) is 5.37 Å². The molecule has 0 aromatic carbocycles. The molecule has 0 spiro atoms. The fraction of sp³-hybridized carbons (Fsp3) is 0.800. The van der Waals surface area contributed by atoms with Gasteiger partial charge in [-0.15, -0.1) is 0 Å². The Labute approximate surface area is 103 Å². The van der Waals surface area contributed by atoms with Crippen LogP contribution in [-0.2, 0) is 15.0 Å². The summed E-state index contributed by atoms with van der Waals surface area (Å²) in [5, 5.41) is 0. The second-order valence-electron chi connectivity index (χ2n) is 3.70. The first kappa shape index (κ1) is 12.9. The van der Waals surface area contributed by atoms with Crippen molar-refractivity contribution < 1.29 is 15.0 Å². The van der Waals surface area contributed by atoms with E-state index in [0.29, 0.717) is 12.8 Å². The molecule has 1 aliphatic heterocycles. The van der Waals surface area contributed by atoms with E-state index < -0.39 is 25.1 Å². The molecule has 0 N–H and O–H groups in total. The van der Waals surface area contributed by atoms with Crippen molar-refractivity contribution in [3.05, 3.63) is 0 Å². The van der Waals surface area contributed by atoms with E-state index in [2.05, 4.69) is 0 Å². The van der Waals surface area contributed by atoms with Gasteiger partial charge in [-0.25, -0.2) is 0 Å². The SMILES string of the molecule is O=C1CCCCCCCCC(=O)[O][Tl][O]1. The van der Waals surface area contributed by atoms with Crippen LogP contribution in [0, 0.1) is 0 Å². The Kier molecular flexibility index (Phi) is 6.95. The first-order valence-corrected chi connectivity index (χ1v) is 9.16. The van der Waals surface area contributed by atoms with E-state index in [9.17, 15) is 9.59 Å². The quantitative estimate of drug-likeness (QED) is 0.577. The van der Waals surface area contributed by atoms with Crippen LogP contribution in [0.2, 0.25) is 0 Å². The van der Waals surface area contributed by atoms with Gasteiger partial charge in [0.2, 0.25) is 0 Å². The molecule has 1 saturated heterocycles. The molecule has 0 unspecified atom stereocenters. The molecule has 1 heterocycles. The van der Waals surface area contributed by atoms with Crippen LogP contribution >= 0.6 is 0 Å². The van der Waals surface area contributed by atoms with Gasteiger partial charge in [0.25, 0.3) is 0 Å². The monoisotopic (exact) mass is 405 g/mol. The molecule has 0 amide bonds. The fourth-order valence-corrected chi connectivity index (χ4v) is 3.43. The maximum atomic E-state index is 11.1. The molecule has 15 heavy (non-hydrogen) atoms. The van der Waals surface area contributed by atoms with E-state index in [1.165, 1.54) is 0 Å². The minimum absolute atomic E-state index is 0.183. The van der Waals surface area contributed by atoms with Gasteiger partial charge in [-0.2, -0.15) is 0 Å². The van der Waals surface area contributed by atoms with Crippen molar-refractivity contribution in [3.63, 3.8) is 0 Å². The molecule has 1 fully saturated rings. The van der Waals surface area contributed by atoms with Crippen LogP contribution < -0.4 is 0 Å². The summed E-state index contributed by atoms with van der Waals surface area (Å²) in [7, 11) is 0. The standard InChI is InChI=1S/C10H18O4.Tl/c11-9(12)7-5-3-1-2-4-6-8-10(13)14;/h1-8H2,(H,11,12)(H,13,14);/q;+2/p-2. The maximum absolute atomic E-state index is 11.1. The molecule has 0 aromatic rings. The molecule has 5 heteroatoms. The first-order valence-electron chi connectivity index (χ1n) is 5.50. The summed E-state index contributed by atoms with van der Waals surface area (Å²) in [5.41, 5.74) is 0. The third-order valence-corrected chi connectivity index (χ3v) is 5.16. The van der Waals surface area contributed by atoms with Crippen molar-refractivity contribution in [2.45, 2.75) is 51.4 Å². The van der Waals surface area contributed by atoms with Crippen LogP contribution in [-0.4, -0.2) is 37.1 Å². The predicted molar refractivity (Wildman–Crippen MR) is 54.9 cm³/mol. The van der Waals surface area contributed by atoms with Gasteiger partial charge >= 0.3 is 103 Å². The minimum atomic E-state index is -2.02. The van der Waals surface area contributed by atoms with Crippen LogP contribution in [0.3, 0.4) is 0 Å². The van der Waals surface area contributed by atoms with Gasteiger partial charge in [-0.3, -0.25) is 0 Å². The van der Waals surface area contributed by atoms with Gasteiger partial charge in [-0.05, 0) is 0 Å². The Balaban J connectivity index is 2.27. The summed E-state index contributed by atoms with van der Waals surface area (Å²) >= 11 is -2.02. The molecule has 0 aromatic heterocycles. The molecule has 0 atom stereocenters. The van der Waals surface area contributed by atoms with E-state index in [0.717, 1.165) is 38.5 Å². The summed E-state index contributed by atoms with van der Waals surface area (Å²) in [4.78, 5) is 22.3. The van der Waals surface area contributed by atoms with E-state index in [1.54, 1.807) is 0 Å². The van der Waals surface area contributed by atoms with Crippen molar-refractivity contribution in [3.8, 4) is 0 Å². The third-order valence-electron chi connectivity index (χ3n) is 2.37. The fourth-order valence-electron chi connectivity index (χ4n) is 1.50. The topological polar surface area (TPSA) is 52.6 Å². The zero-order valence-corrected chi connectivity index (χ0v) is 13.4. The van der Waals surface area contributed by atoms with Crippen LogP contribution in [0.5, 0.6) is 0 Å². The van der Waals surface area contributed by atoms with Gasteiger partial charge in [-0.1, -0.05) is 0 Å². The Bertz CT molecular complexity index is 195. The second-order valence-corrected chi connectivity index (χ2v) is 6.28. The molecule has 0 radical (unpaired) electrons. The van der Waals surface area contributed by atoms with Crippen molar-refractivity contribution >= 4 is 37.1 Å². The second kappa shape index (κ2) is 8.07. The molecule has 0 aliphatic carbocycles. The summed E-state index contributed by atoms with van der Waals surface area (Å²) in [6, 6.07) is 0. The predicted octanol–water partition coefficient (Wildman–Crippen LogP) is 1.74. The number of carbonyl (C=O) groups excluding carboxylic acids is 2. The summed E-state index contributed by atoms with van der Waals surface area (Å²) < 4.78 is 9.90. The van der Waals surface area contributed by atoms with Crippen LogP contribution in [0.4, 0.5) is 0 Å². The molecular formula is C10H16O4Tl. The van der Waals surface area contributed by atoms with Gasteiger partial charge < -0.3 is 0 Å². The third kappa shape index (κ3) is 6.86. The Morgan fingerprint density at radius 3 is 1.60 bits per heavy atom. The van der Waals surface area contributed by atoms with Gasteiger partial charge in [0.15, 0.2) is 0 Å². The molecular weight excluding hydrogens is 388 g/mol. The Morgan fingerprint density at radius 1 is 0.733 bits per heavy atom. The first-order chi connectivity index (χ1) is 7.29. The van der Waals surface area contributed by atoms with Crippen molar-refractivity contribution in [1.82, 2.24) is 0 Å². The van der Waals surface area contributed by atoms with E-state index in [1.807, 2.05) is 0 Å².